The monoisotopic (exact) mass is 532 g/mol. The third-order valence-electron chi connectivity index (χ3n) is 5.87. The molecule has 0 bridgehead atoms. The Hall–Kier alpha value is -4.17. The molecule has 0 amide bonds. The summed E-state index contributed by atoms with van der Waals surface area (Å²) in [6.07, 6.45) is -8.05. The number of phenolic OH excluding ortho intramolecular Hbond substituents is 1. The van der Waals surface area contributed by atoms with Gasteiger partial charge in [-0.25, -0.2) is 0 Å². The van der Waals surface area contributed by atoms with Gasteiger partial charge in [-0.15, -0.1) is 0 Å². The molecule has 1 aromatic heterocycles. The summed E-state index contributed by atoms with van der Waals surface area (Å²) in [5.74, 6) is -2.73. The number of carbonyl (C=O) groups is 2. The molecular weight excluding hydrogens is 508 g/mol. The molecule has 3 aromatic rings. The van der Waals surface area contributed by atoms with E-state index < -0.39 is 66.9 Å². The van der Waals surface area contributed by atoms with Crippen LogP contribution in [0, 0.1) is 0 Å². The molecule has 1 saturated heterocycles. The maximum atomic E-state index is 13.1. The summed E-state index contributed by atoms with van der Waals surface area (Å²) < 4.78 is 26.3. The number of aliphatic carboxylic acids is 1. The zero-order chi connectivity index (χ0) is 27.6. The van der Waals surface area contributed by atoms with Gasteiger partial charge in [0.1, 0.15) is 55.0 Å². The molecule has 2 aromatic carbocycles. The minimum absolute atomic E-state index is 0.0325. The van der Waals surface area contributed by atoms with Crippen molar-refractivity contribution < 1.29 is 58.5 Å². The molecule has 1 aliphatic heterocycles. The lowest BCUT2D eigenvalue weighted by Crippen LogP contribution is -2.60. The van der Waals surface area contributed by atoms with Gasteiger partial charge in [0, 0.05) is 6.07 Å². The highest BCUT2D eigenvalue weighted by Crippen LogP contribution is 2.34. The van der Waals surface area contributed by atoms with Gasteiger partial charge in [0.05, 0.1) is 18.1 Å². The normalized spacial score (nSPS) is 23.1. The second kappa shape index (κ2) is 11.1. The fraction of sp³-hybridized carbons (Fsp3) is 0.320. The van der Waals surface area contributed by atoms with Crippen molar-refractivity contribution in [1.29, 1.82) is 0 Å². The molecule has 0 radical (unpaired) electrons. The number of fused-ring (bicyclic) bond motifs is 1. The van der Waals surface area contributed by atoms with Gasteiger partial charge >= 0.3 is 11.9 Å². The molecule has 0 spiro atoms. The smallest absolute Gasteiger partial charge is 0.317 e. The molecule has 2 heterocycles. The number of rotatable bonds is 8. The number of hydrogen-bond donors (Lipinski definition) is 5. The van der Waals surface area contributed by atoms with E-state index in [-0.39, 0.29) is 22.3 Å². The van der Waals surface area contributed by atoms with Gasteiger partial charge in [-0.1, -0.05) is 12.1 Å². The van der Waals surface area contributed by atoms with Crippen LogP contribution in [-0.4, -0.2) is 81.9 Å². The van der Waals surface area contributed by atoms with E-state index in [4.69, 9.17) is 28.5 Å². The second-order valence-corrected chi connectivity index (χ2v) is 8.41. The average Bonchev–Trinajstić information content (AvgIpc) is 2.89. The number of hydrogen-bond acceptors (Lipinski definition) is 12. The molecule has 4 rings (SSSR count). The van der Waals surface area contributed by atoms with Crippen LogP contribution >= 0.6 is 0 Å². The van der Waals surface area contributed by atoms with E-state index in [2.05, 4.69) is 0 Å². The standard InChI is InChI=1S/C25H24O13/c1-34-12-4-2-11(3-5-12)14-9-35-16-7-17(15(26)6-13(16)21(14)30)37-25-24(33)23(32)22(31)18(38-25)10-36-20(29)8-19(27)28/h2-7,9,18,22-26,31-33H,8,10H2,1H3,(H,27,28)/t18-,22-,23+,24-,25-/m1/s1. The molecule has 1 fully saturated rings. The number of carbonyl (C=O) groups excluding carboxylic acids is 1. The lowest BCUT2D eigenvalue weighted by Gasteiger charge is -2.39. The number of ether oxygens (including phenoxy) is 4. The SMILES string of the molecule is COc1ccc(-c2coc3cc(O[C@@H]4O[C@H](COC(=O)CC(=O)O)[C@@H](O)[C@H](O)[C@H]4O)c(O)cc3c2=O)cc1. The van der Waals surface area contributed by atoms with Gasteiger partial charge in [-0.2, -0.15) is 0 Å². The first kappa shape index (κ1) is 26.9. The van der Waals surface area contributed by atoms with Crippen LogP contribution in [0.4, 0.5) is 0 Å². The van der Waals surface area contributed by atoms with E-state index in [1.54, 1.807) is 24.3 Å². The van der Waals surface area contributed by atoms with Crippen LogP contribution in [-0.2, 0) is 19.1 Å². The first-order valence-corrected chi connectivity index (χ1v) is 11.3. The van der Waals surface area contributed by atoms with Crippen LogP contribution in [0.1, 0.15) is 6.42 Å². The Morgan fingerprint density at radius 2 is 1.74 bits per heavy atom. The van der Waals surface area contributed by atoms with Gasteiger partial charge in [-0.3, -0.25) is 14.4 Å². The third-order valence-corrected chi connectivity index (χ3v) is 5.87. The van der Waals surface area contributed by atoms with Gasteiger partial charge in [-0.05, 0) is 23.8 Å². The summed E-state index contributed by atoms with van der Waals surface area (Å²) >= 11 is 0. The summed E-state index contributed by atoms with van der Waals surface area (Å²) in [6.45, 7) is -0.649. The molecular formula is C25H24O13. The number of aromatic hydroxyl groups is 1. The van der Waals surface area contributed by atoms with E-state index in [1.165, 1.54) is 19.4 Å². The number of aliphatic hydroxyl groups is 3. The van der Waals surface area contributed by atoms with Crippen LogP contribution in [0.15, 0.2) is 51.9 Å². The summed E-state index contributed by atoms with van der Waals surface area (Å²) in [4.78, 5) is 35.2. The number of methoxy groups -OCH3 is 1. The third kappa shape index (κ3) is 5.55. The predicted octanol–water partition coefficient (Wildman–Crippen LogP) is 0.378. The minimum atomic E-state index is -1.80. The quantitative estimate of drug-likeness (QED) is 0.197. The van der Waals surface area contributed by atoms with Crippen molar-refractivity contribution >= 4 is 22.9 Å². The maximum absolute atomic E-state index is 13.1. The van der Waals surface area contributed by atoms with Crippen LogP contribution in [0.3, 0.4) is 0 Å². The number of carboxylic acids is 1. The Kier molecular flexibility index (Phi) is 7.83. The molecule has 202 valence electrons. The first-order valence-electron chi connectivity index (χ1n) is 11.3. The Morgan fingerprint density at radius 1 is 1.03 bits per heavy atom. The Morgan fingerprint density at radius 3 is 2.39 bits per heavy atom. The van der Waals surface area contributed by atoms with Crippen LogP contribution < -0.4 is 14.9 Å². The van der Waals surface area contributed by atoms with Crippen molar-refractivity contribution in [1.82, 2.24) is 0 Å². The van der Waals surface area contributed by atoms with Crippen molar-refractivity contribution in [2.45, 2.75) is 37.1 Å². The van der Waals surface area contributed by atoms with Gasteiger partial charge in [0.25, 0.3) is 0 Å². The number of aliphatic hydroxyl groups excluding tert-OH is 3. The van der Waals surface area contributed by atoms with E-state index >= 15 is 0 Å². The molecule has 1 aliphatic rings. The summed E-state index contributed by atoms with van der Waals surface area (Å²) in [5, 5.41) is 49.9. The highest BCUT2D eigenvalue weighted by Gasteiger charge is 2.45. The second-order valence-electron chi connectivity index (χ2n) is 8.41. The molecule has 13 heteroatoms. The van der Waals surface area contributed by atoms with E-state index in [9.17, 15) is 34.8 Å². The summed E-state index contributed by atoms with van der Waals surface area (Å²) in [7, 11) is 1.51. The van der Waals surface area contributed by atoms with Crippen LogP contribution in [0.25, 0.3) is 22.1 Å². The Labute approximate surface area is 214 Å². The van der Waals surface area contributed by atoms with Crippen LogP contribution in [0.5, 0.6) is 17.2 Å². The Balaban J connectivity index is 1.56. The van der Waals surface area contributed by atoms with Crippen molar-refractivity contribution in [3.05, 3.63) is 52.9 Å². The van der Waals surface area contributed by atoms with Crippen molar-refractivity contribution in [2.24, 2.45) is 0 Å². The summed E-state index contributed by atoms with van der Waals surface area (Å²) in [5.41, 5.74) is 0.387. The van der Waals surface area contributed by atoms with Gasteiger partial charge in [0.2, 0.25) is 11.7 Å². The number of phenols is 1. The van der Waals surface area contributed by atoms with E-state index in [0.717, 1.165) is 6.07 Å². The van der Waals surface area contributed by atoms with Gasteiger partial charge in [0.15, 0.2) is 11.5 Å². The van der Waals surface area contributed by atoms with Crippen molar-refractivity contribution in [3.63, 3.8) is 0 Å². The predicted molar refractivity (Wildman–Crippen MR) is 127 cm³/mol. The van der Waals surface area contributed by atoms with E-state index in [1.807, 2.05) is 0 Å². The molecule has 5 atom stereocenters. The molecule has 38 heavy (non-hydrogen) atoms. The fourth-order valence-electron chi connectivity index (χ4n) is 3.84. The topological polar surface area (TPSA) is 202 Å². The lowest BCUT2D eigenvalue weighted by molar-refractivity contribution is -0.278. The van der Waals surface area contributed by atoms with Crippen LogP contribution in [0.2, 0.25) is 0 Å². The number of benzene rings is 2. The molecule has 0 aliphatic carbocycles. The fourth-order valence-corrected chi connectivity index (χ4v) is 3.84. The lowest BCUT2D eigenvalue weighted by atomic mass is 9.99. The molecule has 13 nitrogen and oxygen atoms in total. The Bertz CT molecular complexity index is 1380. The highest BCUT2D eigenvalue weighted by atomic mass is 16.7. The zero-order valence-electron chi connectivity index (χ0n) is 19.8. The largest absolute Gasteiger partial charge is 0.504 e. The number of carboxylic acid groups (broad SMARTS) is 1. The minimum Gasteiger partial charge on any atom is -0.504 e. The highest BCUT2D eigenvalue weighted by molar-refractivity contribution is 5.90. The zero-order valence-corrected chi connectivity index (χ0v) is 19.8. The van der Waals surface area contributed by atoms with Crippen molar-refractivity contribution in [3.8, 4) is 28.4 Å². The van der Waals surface area contributed by atoms with Crippen molar-refractivity contribution in [2.75, 3.05) is 13.7 Å². The number of esters is 1. The molecule has 5 N–H and O–H groups in total. The summed E-state index contributed by atoms with van der Waals surface area (Å²) in [6, 6.07) is 8.98. The molecule has 0 saturated carbocycles. The first-order chi connectivity index (χ1) is 18.1. The molecule has 0 unspecified atom stereocenters. The average molecular weight is 532 g/mol. The van der Waals surface area contributed by atoms with Gasteiger partial charge < -0.3 is 48.9 Å². The van der Waals surface area contributed by atoms with E-state index in [0.29, 0.717) is 11.3 Å². The maximum Gasteiger partial charge on any atom is 0.317 e.